The van der Waals surface area contributed by atoms with Gasteiger partial charge in [-0.2, -0.15) is 11.8 Å². The fraction of sp³-hybridized carbons (Fsp3) is 0.545. The molecule has 1 aromatic heterocycles. The molecular formula is C11H14BrN3O2S. The van der Waals surface area contributed by atoms with Gasteiger partial charge in [-0.05, 0) is 46.2 Å². The van der Waals surface area contributed by atoms with Crippen LogP contribution in [0.1, 0.15) is 12.8 Å². The fourth-order valence-corrected chi connectivity index (χ4v) is 3.53. The van der Waals surface area contributed by atoms with E-state index in [1.165, 1.54) is 36.6 Å². The molecule has 1 aliphatic heterocycles. The van der Waals surface area contributed by atoms with Gasteiger partial charge in [0.05, 0.1) is 9.40 Å². The van der Waals surface area contributed by atoms with Crippen molar-refractivity contribution in [3.8, 4) is 0 Å². The molecule has 0 bridgehead atoms. The summed E-state index contributed by atoms with van der Waals surface area (Å²) in [5, 5.41) is 13.9. The highest BCUT2D eigenvalue weighted by Crippen LogP contribution is 2.26. The van der Waals surface area contributed by atoms with Crippen LogP contribution in [0, 0.1) is 16.0 Å². The van der Waals surface area contributed by atoms with E-state index in [4.69, 9.17) is 0 Å². The van der Waals surface area contributed by atoms with Gasteiger partial charge in [0.15, 0.2) is 0 Å². The summed E-state index contributed by atoms with van der Waals surface area (Å²) in [6.45, 7) is 0.879. The van der Waals surface area contributed by atoms with Crippen LogP contribution < -0.4 is 5.32 Å². The second kappa shape index (κ2) is 6.38. The molecule has 7 heteroatoms. The van der Waals surface area contributed by atoms with Gasteiger partial charge in [0.1, 0.15) is 12.0 Å². The Morgan fingerprint density at radius 2 is 2.28 bits per heavy atom. The summed E-state index contributed by atoms with van der Waals surface area (Å²) < 4.78 is 0.641. The molecule has 0 unspecified atom stereocenters. The molecule has 0 radical (unpaired) electrons. The van der Waals surface area contributed by atoms with E-state index in [1.54, 1.807) is 0 Å². The first-order valence-electron chi connectivity index (χ1n) is 5.78. The van der Waals surface area contributed by atoms with E-state index in [-0.39, 0.29) is 5.69 Å². The zero-order chi connectivity index (χ0) is 13.0. The lowest BCUT2D eigenvalue weighted by Gasteiger charge is -2.21. The lowest BCUT2D eigenvalue weighted by atomic mass is 10.0. The van der Waals surface area contributed by atoms with Crippen molar-refractivity contribution in [2.24, 2.45) is 5.92 Å². The molecule has 2 heterocycles. The van der Waals surface area contributed by atoms with Crippen molar-refractivity contribution in [1.82, 2.24) is 4.98 Å². The molecule has 5 nitrogen and oxygen atoms in total. The third-order valence-corrected chi connectivity index (χ3v) is 4.59. The Morgan fingerprint density at radius 3 is 2.89 bits per heavy atom. The number of nitrogens with zero attached hydrogens (tertiary/aromatic N) is 2. The number of aromatic nitrogens is 1. The number of rotatable bonds is 4. The van der Waals surface area contributed by atoms with Crippen molar-refractivity contribution < 1.29 is 4.92 Å². The molecule has 2 rings (SSSR count). The average Bonchev–Trinajstić information content (AvgIpc) is 2.38. The maximum Gasteiger partial charge on any atom is 0.288 e. The van der Waals surface area contributed by atoms with Crippen LogP contribution in [0.5, 0.6) is 0 Å². The zero-order valence-corrected chi connectivity index (χ0v) is 12.2. The molecule has 1 aromatic rings. The highest BCUT2D eigenvalue weighted by molar-refractivity contribution is 9.10. The zero-order valence-electron chi connectivity index (χ0n) is 9.76. The number of nitro groups is 1. The van der Waals surface area contributed by atoms with Gasteiger partial charge >= 0.3 is 0 Å². The van der Waals surface area contributed by atoms with Gasteiger partial charge in [0, 0.05) is 12.6 Å². The predicted octanol–water partition coefficient (Wildman–Crippen LogP) is 3.31. The quantitative estimate of drug-likeness (QED) is 0.677. The van der Waals surface area contributed by atoms with Crippen molar-refractivity contribution in [2.45, 2.75) is 12.8 Å². The van der Waals surface area contributed by atoms with Gasteiger partial charge in [-0.3, -0.25) is 10.1 Å². The number of thioether (sulfide) groups is 1. The largest absolute Gasteiger partial charge is 0.369 e. The highest BCUT2D eigenvalue weighted by Gasteiger charge is 2.15. The summed E-state index contributed by atoms with van der Waals surface area (Å²) in [7, 11) is 0. The first-order chi connectivity index (χ1) is 8.66. The Bertz CT molecular complexity index is 438. The van der Waals surface area contributed by atoms with Crippen LogP contribution in [-0.2, 0) is 0 Å². The molecule has 1 fully saturated rings. The third kappa shape index (κ3) is 3.58. The molecule has 0 atom stereocenters. The van der Waals surface area contributed by atoms with Gasteiger partial charge < -0.3 is 5.32 Å². The Hall–Kier alpha value is -0.820. The van der Waals surface area contributed by atoms with Crippen LogP contribution >= 0.6 is 27.7 Å². The second-order valence-electron chi connectivity index (χ2n) is 4.22. The maximum absolute atomic E-state index is 10.6. The number of anilines is 1. The van der Waals surface area contributed by atoms with E-state index in [2.05, 4.69) is 26.2 Å². The SMILES string of the molecule is O=[N+]([O-])c1cnc(NCC2CCSCC2)c(Br)c1. The van der Waals surface area contributed by atoms with E-state index in [9.17, 15) is 10.1 Å². The first kappa shape index (κ1) is 13.6. The summed E-state index contributed by atoms with van der Waals surface area (Å²) in [5.74, 6) is 3.80. The van der Waals surface area contributed by atoms with Crippen LogP contribution in [0.25, 0.3) is 0 Å². The Balaban J connectivity index is 1.94. The Morgan fingerprint density at radius 1 is 1.56 bits per heavy atom. The number of hydrogen-bond donors (Lipinski definition) is 1. The van der Waals surface area contributed by atoms with Gasteiger partial charge in [-0.1, -0.05) is 0 Å². The van der Waals surface area contributed by atoms with Crippen LogP contribution in [0.3, 0.4) is 0 Å². The molecule has 0 aliphatic carbocycles. The molecule has 18 heavy (non-hydrogen) atoms. The summed E-state index contributed by atoms with van der Waals surface area (Å²) >= 11 is 5.31. The summed E-state index contributed by atoms with van der Waals surface area (Å²) in [5.41, 5.74) is 0.00138. The summed E-state index contributed by atoms with van der Waals surface area (Å²) in [4.78, 5) is 14.2. The van der Waals surface area contributed by atoms with Crippen molar-refractivity contribution in [2.75, 3.05) is 23.4 Å². The molecule has 0 amide bonds. The molecule has 98 valence electrons. The Labute approximate surface area is 118 Å². The first-order valence-corrected chi connectivity index (χ1v) is 7.73. The Kier molecular flexibility index (Phi) is 4.82. The van der Waals surface area contributed by atoms with E-state index in [0.717, 1.165) is 6.54 Å². The third-order valence-electron chi connectivity index (χ3n) is 2.94. The molecule has 1 N–H and O–H groups in total. The lowest BCUT2D eigenvalue weighted by molar-refractivity contribution is -0.385. The second-order valence-corrected chi connectivity index (χ2v) is 6.30. The molecular weight excluding hydrogens is 318 g/mol. The van der Waals surface area contributed by atoms with Gasteiger partial charge in [-0.25, -0.2) is 4.98 Å². The minimum atomic E-state index is -0.445. The van der Waals surface area contributed by atoms with E-state index in [0.29, 0.717) is 16.2 Å². The standard InChI is InChI=1S/C11H14BrN3O2S/c12-10-5-9(15(16)17)7-14-11(10)13-6-8-1-3-18-4-2-8/h5,7-8H,1-4,6H2,(H,13,14). The van der Waals surface area contributed by atoms with Gasteiger partial charge in [-0.15, -0.1) is 0 Å². The maximum atomic E-state index is 10.6. The van der Waals surface area contributed by atoms with Crippen LogP contribution in [-0.4, -0.2) is 28.0 Å². The number of hydrogen-bond acceptors (Lipinski definition) is 5. The van der Waals surface area contributed by atoms with Crippen molar-refractivity contribution in [3.05, 3.63) is 26.9 Å². The van der Waals surface area contributed by atoms with Crippen molar-refractivity contribution in [1.29, 1.82) is 0 Å². The lowest BCUT2D eigenvalue weighted by Crippen LogP contribution is -2.19. The van der Waals surface area contributed by atoms with E-state index >= 15 is 0 Å². The number of halogens is 1. The van der Waals surface area contributed by atoms with E-state index in [1.807, 2.05) is 11.8 Å². The number of nitrogens with one attached hydrogen (secondary N) is 1. The predicted molar refractivity (Wildman–Crippen MR) is 77.1 cm³/mol. The number of pyridine rings is 1. The average molecular weight is 332 g/mol. The van der Waals surface area contributed by atoms with Crippen LogP contribution in [0.4, 0.5) is 11.5 Å². The summed E-state index contributed by atoms with van der Waals surface area (Å²) in [6.07, 6.45) is 3.73. The molecule has 0 aromatic carbocycles. The monoisotopic (exact) mass is 331 g/mol. The highest BCUT2D eigenvalue weighted by atomic mass is 79.9. The molecule has 0 spiro atoms. The normalized spacial score (nSPS) is 16.5. The van der Waals surface area contributed by atoms with Crippen molar-refractivity contribution in [3.63, 3.8) is 0 Å². The molecule has 1 saturated heterocycles. The van der Waals surface area contributed by atoms with Crippen LogP contribution in [0.2, 0.25) is 0 Å². The molecule has 0 saturated carbocycles. The van der Waals surface area contributed by atoms with Crippen molar-refractivity contribution >= 4 is 39.2 Å². The topological polar surface area (TPSA) is 68.1 Å². The minimum Gasteiger partial charge on any atom is -0.369 e. The van der Waals surface area contributed by atoms with Crippen LogP contribution in [0.15, 0.2) is 16.7 Å². The molecule has 1 aliphatic rings. The van der Waals surface area contributed by atoms with Gasteiger partial charge in [0.25, 0.3) is 5.69 Å². The van der Waals surface area contributed by atoms with Gasteiger partial charge in [0.2, 0.25) is 0 Å². The van der Waals surface area contributed by atoms with E-state index < -0.39 is 4.92 Å². The smallest absolute Gasteiger partial charge is 0.288 e. The fourth-order valence-electron chi connectivity index (χ4n) is 1.85. The summed E-state index contributed by atoms with van der Waals surface area (Å²) in [6, 6.07) is 1.48. The minimum absolute atomic E-state index is 0.00138.